The third kappa shape index (κ3) is 7.36. The molecule has 1 N–H and O–H groups in total. The first-order chi connectivity index (χ1) is 16.7. The van der Waals surface area contributed by atoms with E-state index < -0.39 is 0 Å². The van der Waals surface area contributed by atoms with Crippen molar-refractivity contribution in [1.29, 1.82) is 0 Å². The third-order valence-electron chi connectivity index (χ3n) is 5.24. The molecule has 1 amide bonds. The number of carbonyl (C=O) groups is 1. The number of anilines is 1. The minimum atomic E-state index is -0.324. The van der Waals surface area contributed by atoms with Gasteiger partial charge < -0.3 is 14.8 Å². The second kappa shape index (κ2) is 11.9. The molecule has 0 fully saturated rings. The van der Waals surface area contributed by atoms with E-state index in [1.54, 1.807) is 6.08 Å². The Hall–Kier alpha value is -3.26. The standard InChI is InChI=1S/C27H34N4O3S/c1-7-17-31-25(19(3)34-23-13-9-20(10-14-23)27(4,5)6)29-30-26(31)35-18-24(32)28-21-11-15-22(16-12-21)33-8-2/h7,9-16,19H,1,8,17-18H2,2-6H3,(H,28,32). The van der Waals surface area contributed by atoms with Crippen LogP contribution in [0.4, 0.5) is 5.69 Å². The highest BCUT2D eigenvalue weighted by molar-refractivity contribution is 7.99. The minimum Gasteiger partial charge on any atom is -0.494 e. The zero-order valence-electron chi connectivity index (χ0n) is 21.1. The number of ether oxygens (including phenoxy) is 2. The molecule has 186 valence electrons. The van der Waals surface area contributed by atoms with Gasteiger partial charge in [0.05, 0.1) is 12.4 Å². The molecular weight excluding hydrogens is 460 g/mol. The van der Waals surface area contributed by atoms with Crippen molar-refractivity contribution >= 4 is 23.4 Å². The highest BCUT2D eigenvalue weighted by atomic mass is 32.2. The molecule has 0 aliphatic heterocycles. The van der Waals surface area contributed by atoms with Crippen LogP contribution in [-0.4, -0.2) is 33.0 Å². The summed E-state index contributed by atoms with van der Waals surface area (Å²) in [5.74, 6) is 2.29. The Kier molecular flexibility index (Phi) is 8.98. The lowest BCUT2D eigenvalue weighted by Crippen LogP contribution is -2.15. The van der Waals surface area contributed by atoms with E-state index >= 15 is 0 Å². The third-order valence-corrected chi connectivity index (χ3v) is 6.20. The van der Waals surface area contributed by atoms with Gasteiger partial charge >= 0.3 is 0 Å². The zero-order chi connectivity index (χ0) is 25.4. The van der Waals surface area contributed by atoms with Crippen LogP contribution in [0.25, 0.3) is 0 Å². The van der Waals surface area contributed by atoms with Gasteiger partial charge in [0, 0.05) is 12.2 Å². The number of nitrogens with zero attached hydrogens (tertiary/aromatic N) is 3. The van der Waals surface area contributed by atoms with E-state index in [0.717, 1.165) is 11.5 Å². The number of nitrogens with one attached hydrogen (secondary N) is 1. The maximum absolute atomic E-state index is 12.5. The van der Waals surface area contributed by atoms with Crippen LogP contribution in [0.3, 0.4) is 0 Å². The van der Waals surface area contributed by atoms with E-state index in [4.69, 9.17) is 9.47 Å². The fourth-order valence-electron chi connectivity index (χ4n) is 3.43. The molecule has 3 aromatic rings. The van der Waals surface area contributed by atoms with Crippen molar-refractivity contribution in [3.63, 3.8) is 0 Å². The Morgan fingerprint density at radius 2 is 1.77 bits per heavy atom. The quantitative estimate of drug-likeness (QED) is 0.259. The summed E-state index contributed by atoms with van der Waals surface area (Å²) in [6.45, 7) is 15.4. The fraction of sp³-hybridized carbons (Fsp3) is 0.370. The van der Waals surface area contributed by atoms with Crippen LogP contribution in [0.2, 0.25) is 0 Å². The molecule has 0 aliphatic carbocycles. The number of hydrogen-bond donors (Lipinski definition) is 1. The average molecular weight is 495 g/mol. The SMILES string of the molecule is C=CCn1c(SCC(=O)Nc2ccc(OCC)cc2)nnc1C(C)Oc1ccc(C(C)(C)C)cc1. The van der Waals surface area contributed by atoms with E-state index in [0.29, 0.717) is 29.8 Å². The molecule has 1 heterocycles. The lowest BCUT2D eigenvalue weighted by atomic mass is 9.87. The molecule has 8 heteroatoms. The predicted octanol–water partition coefficient (Wildman–Crippen LogP) is 6.03. The van der Waals surface area contributed by atoms with Gasteiger partial charge in [-0.3, -0.25) is 9.36 Å². The van der Waals surface area contributed by atoms with Gasteiger partial charge in [-0.25, -0.2) is 0 Å². The molecule has 1 aromatic heterocycles. The molecule has 0 aliphatic rings. The van der Waals surface area contributed by atoms with Gasteiger partial charge in [0.25, 0.3) is 0 Å². The smallest absolute Gasteiger partial charge is 0.234 e. The van der Waals surface area contributed by atoms with Gasteiger partial charge in [0.15, 0.2) is 17.1 Å². The normalized spacial score (nSPS) is 12.1. The summed E-state index contributed by atoms with van der Waals surface area (Å²) in [5.41, 5.74) is 2.04. The first-order valence-electron chi connectivity index (χ1n) is 11.7. The van der Waals surface area contributed by atoms with Crippen molar-refractivity contribution < 1.29 is 14.3 Å². The number of benzene rings is 2. The van der Waals surface area contributed by atoms with Crippen LogP contribution < -0.4 is 14.8 Å². The second-order valence-corrected chi connectivity index (χ2v) is 10.0. The fourth-order valence-corrected chi connectivity index (χ4v) is 4.18. The Morgan fingerprint density at radius 1 is 1.11 bits per heavy atom. The first-order valence-corrected chi connectivity index (χ1v) is 12.7. The monoisotopic (exact) mass is 494 g/mol. The summed E-state index contributed by atoms with van der Waals surface area (Å²) in [4.78, 5) is 12.5. The van der Waals surface area contributed by atoms with Gasteiger partial charge in [0.1, 0.15) is 11.5 Å². The maximum Gasteiger partial charge on any atom is 0.234 e. The van der Waals surface area contributed by atoms with Gasteiger partial charge in [-0.05, 0) is 61.2 Å². The number of rotatable bonds is 11. The van der Waals surface area contributed by atoms with E-state index in [9.17, 15) is 4.79 Å². The van der Waals surface area contributed by atoms with Crippen molar-refractivity contribution in [2.45, 2.75) is 57.8 Å². The molecule has 0 bridgehead atoms. The van der Waals surface area contributed by atoms with E-state index in [1.807, 2.05) is 54.8 Å². The molecule has 0 spiro atoms. The predicted molar refractivity (Wildman–Crippen MR) is 141 cm³/mol. The molecule has 2 aromatic carbocycles. The molecule has 7 nitrogen and oxygen atoms in total. The van der Waals surface area contributed by atoms with Crippen LogP contribution in [0.15, 0.2) is 66.3 Å². The van der Waals surface area contributed by atoms with Gasteiger partial charge in [-0.15, -0.1) is 16.8 Å². The Bertz CT molecular complexity index is 1120. The lowest BCUT2D eigenvalue weighted by Gasteiger charge is -2.20. The maximum atomic E-state index is 12.5. The summed E-state index contributed by atoms with van der Waals surface area (Å²) in [6, 6.07) is 15.4. The topological polar surface area (TPSA) is 78.3 Å². The van der Waals surface area contributed by atoms with Gasteiger partial charge in [-0.2, -0.15) is 0 Å². The van der Waals surface area contributed by atoms with Crippen LogP contribution in [-0.2, 0) is 16.8 Å². The number of aromatic nitrogens is 3. The number of thioether (sulfide) groups is 1. The van der Waals surface area contributed by atoms with Gasteiger partial charge in [0.2, 0.25) is 5.91 Å². The molecule has 1 atom stereocenters. The first kappa shape index (κ1) is 26.3. The summed E-state index contributed by atoms with van der Waals surface area (Å²) < 4.78 is 13.5. The van der Waals surface area contributed by atoms with Crippen LogP contribution >= 0.6 is 11.8 Å². The summed E-state index contributed by atoms with van der Waals surface area (Å²) in [5, 5.41) is 12.2. The summed E-state index contributed by atoms with van der Waals surface area (Å²) in [6.07, 6.45) is 1.46. The zero-order valence-corrected chi connectivity index (χ0v) is 21.9. The van der Waals surface area contributed by atoms with Crippen molar-refractivity contribution in [2.24, 2.45) is 0 Å². The molecule has 0 radical (unpaired) electrons. The minimum absolute atomic E-state index is 0.0830. The van der Waals surface area contributed by atoms with E-state index in [2.05, 4.69) is 55.0 Å². The lowest BCUT2D eigenvalue weighted by molar-refractivity contribution is -0.113. The van der Waals surface area contributed by atoms with Crippen LogP contribution in [0.5, 0.6) is 11.5 Å². The molecule has 0 saturated carbocycles. The second-order valence-electron chi connectivity index (χ2n) is 9.07. The summed E-state index contributed by atoms with van der Waals surface area (Å²) >= 11 is 1.32. The largest absolute Gasteiger partial charge is 0.494 e. The van der Waals surface area contributed by atoms with E-state index in [-0.39, 0.29) is 23.2 Å². The number of allylic oxidation sites excluding steroid dienone is 1. The van der Waals surface area contributed by atoms with Crippen LogP contribution in [0, 0.1) is 0 Å². The van der Waals surface area contributed by atoms with Gasteiger partial charge in [-0.1, -0.05) is 50.7 Å². The highest BCUT2D eigenvalue weighted by Crippen LogP contribution is 2.28. The summed E-state index contributed by atoms with van der Waals surface area (Å²) in [7, 11) is 0. The highest BCUT2D eigenvalue weighted by Gasteiger charge is 2.20. The molecule has 35 heavy (non-hydrogen) atoms. The molecular formula is C27H34N4O3S. The van der Waals surface area contributed by atoms with Crippen molar-refractivity contribution in [3.05, 3.63) is 72.6 Å². The Balaban J connectivity index is 1.63. The van der Waals surface area contributed by atoms with E-state index in [1.165, 1.54) is 17.3 Å². The Labute approximate surface area is 211 Å². The van der Waals surface area contributed by atoms with Crippen LogP contribution in [0.1, 0.15) is 52.1 Å². The average Bonchev–Trinajstić information content (AvgIpc) is 3.22. The van der Waals surface area contributed by atoms with Crippen molar-refractivity contribution in [3.8, 4) is 11.5 Å². The number of amides is 1. The van der Waals surface area contributed by atoms with Crippen molar-refractivity contribution in [2.75, 3.05) is 17.7 Å². The Morgan fingerprint density at radius 3 is 2.37 bits per heavy atom. The molecule has 3 rings (SSSR count). The number of hydrogen-bond acceptors (Lipinski definition) is 6. The van der Waals surface area contributed by atoms with Crippen molar-refractivity contribution in [1.82, 2.24) is 14.8 Å². The molecule has 0 saturated heterocycles. The number of carbonyl (C=O) groups excluding carboxylic acids is 1. The molecule has 1 unspecified atom stereocenters.